The van der Waals surface area contributed by atoms with E-state index in [1.165, 1.54) is 0 Å². The fourth-order valence-corrected chi connectivity index (χ4v) is 2.14. The van der Waals surface area contributed by atoms with Crippen LogP contribution in [0.25, 0.3) is 0 Å². The highest BCUT2D eigenvalue weighted by Gasteiger charge is 2.23. The lowest BCUT2D eigenvalue weighted by atomic mass is 10.0. The van der Waals surface area contributed by atoms with Gasteiger partial charge in [-0.2, -0.15) is 5.26 Å². The average Bonchev–Trinajstić information content (AvgIpc) is 3.00. The summed E-state index contributed by atoms with van der Waals surface area (Å²) in [5.74, 6) is 0.818. The second kappa shape index (κ2) is 6.92. The van der Waals surface area contributed by atoms with Crippen molar-refractivity contribution >= 4 is 5.91 Å². The van der Waals surface area contributed by atoms with Crippen LogP contribution in [0.15, 0.2) is 24.3 Å². The van der Waals surface area contributed by atoms with E-state index in [0.717, 1.165) is 13.0 Å². The standard InChI is InChI=1S/C15H18N2O3/c1-11(13-6-7-19-9-13)17-15(18)10-20-14-4-2-12(8-16)3-5-14/h2-5,11,13H,6-7,9-10H2,1H3,(H,17,18). The second-order valence-electron chi connectivity index (χ2n) is 4.90. The molecule has 0 aromatic heterocycles. The minimum atomic E-state index is -0.145. The Bertz CT molecular complexity index is 487. The molecular formula is C15H18N2O3. The highest BCUT2D eigenvalue weighted by molar-refractivity contribution is 5.77. The number of amides is 1. The van der Waals surface area contributed by atoms with Crippen LogP contribution in [0.3, 0.4) is 0 Å². The number of benzene rings is 1. The molecule has 1 fully saturated rings. The number of rotatable bonds is 5. The number of nitrogens with one attached hydrogen (secondary N) is 1. The lowest BCUT2D eigenvalue weighted by Crippen LogP contribution is -2.40. The molecular weight excluding hydrogens is 256 g/mol. The Morgan fingerprint density at radius 3 is 2.90 bits per heavy atom. The Morgan fingerprint density at radius 1 is 1.55 bits per heavy atom. The number of nitrogens with zero attached hydrogens (tertiary/aromatic N) is 1. The first-order chi connectivity index (χ1) is 9.69. The van der Waals surface area contributed by atoms with Crippen molar-refractivity contribution in [3.63, 3.8) is 0 Å². The van der Waals surface area contributed by atoms with Crippen molar-refractivity contribution < 1.29 is 14.3 Å². The SMILES string of the molecule is CC(NC(=O)COc1ccc(C#N)cc1)C1CCOC1. The van der Waals surface area contributed by atoms with Gasteiger partial charge < -0.3 is 14.8 Å². The molecule has 1 N–H and O–H groups in total. The number of ether oxygens (including phenoxy) is 2. The minimum absolute atomic E-state index is 0.0240. The number of carbonyl (C=O) groups is 1. The summed E-state index contributed by atoms with van der Waals surface area (Å²) < 4.78 is 10.7. The van der Waals surface area contributed by atoms with E-state index in [0.29, 0.717) is 23.8 Å². The van der Waals surface area contributed by atoms with Crippen LogP contribution in [-0.4, -0.2) is 31.8 Å². The molecule has 2 atom stereocenters. The first kappa shape index (κ1) is 14.4. The molecule has 0 spiro atoms. The van der Waals surface area contributed by atoms with E-state index in [1.54, 1.807) is 24.3 Å². The molecule has 1 aliphatic heterocycles. The summed E-state index contributed by atoms with van der Waals surface area (Å²) in [6, 6.07) is 8.80. The van der Waals surface area contributed by atoms with Crippen molar-refractivity contribution in [3.05, 3.63) is 29.8 Å². The molecule has 0 saturated carbocycles. The van der Waals surface area contributed by atoms with Gasteiger partial charge in [-0.05, 0) is 37.6 Å². The van der Waals surface area contributed by atoms with Gasteiger partial charge in [0.15, 0.2) is 6.61 Å². The predicted octanol–water partition coefficient (Wildman–Crippen LogP) is 1.48. The zero-order chi connectivity index (χ0) is 14.4. The molecule has 1 aromatic carbocycles. The molecule has 5 nitrogen and oxygen atoms in total. The molecule has 0 radical (unpaired) electrons. The van der Waals surface area contributed by atoms with Gasteiger partial charge in [-0.3, -0.25) is 4.79 Å². The topological polar surface area (TPSA) is 71.3 Å². The van der Waals surface area contributed by atoms with Gasteiger partial charge in [0, 0.05) is 18.6 Å². The van der Waals surface area contributed by atoms with Crippen molar-refractivity contribution in [1.29, 1.82) is 5.26 Å². The third kappa shape index (κ3) is 3.97. The Hall–Kier alpha value is -2.06. The Morgan fingerprint density at radius 2 is 2.30 bits per heavy atom. The molecule has 5 heteroatoms. The number of hydrogen-bond donors (Lipinski definition) is 1. The van der Waals surface area contributed by atoms with E-state index in [9.17, 15) is 4.79 Å². The molecule has 2 rings (SSSR count). The van der Waals surface area contributed by atoms with Gasteiger partial charge >= 0.3 is 0 Å². The van der Waals surface area contributed by atoms with Crippen LogP contribution in [-0.2, 0) is 9.53 Å². The van der Waals surface area contributed by atoms with Crippen LogP contribution in [0.5, 0.6) is 5.75 Å². The summed E-state index contributed by atoms with van der Waals surface area (Å²) in [5, 5.41) is 11.6. The second-order valence-corrected chi connectivity index (χ2v) is 4.90. The zero-order valence-corrected chi connectivity index (χ0v) is 11.5. The first-order valence-corrected chi connectivity index (χ1v) is 6.69. The Balaban J connectivity index is 1.75. The summed E-state index contributed by atoms with van der Waals surface area (Å²) in [7, 11) is 0. The monoisotopic (exact) mass is 274 g/mol. The molecule has 1 saturated heterocycles. The van der Waals surface area contributed by atoms with Gasteiger partial charge in [-0.15, -0.1) is 0 Å². The van der Waals surface area contributed by atoms with E-state index < -0.39 is 0 Å². The van der Waals surface area contributed by atoms with Crippen LogP contribution in [0, 0.1) is 17.2 Å². The third-order valence-corrected chi connectivity index (χ3v) is 3.41. The quantitative estimate of drug-likeness (QED) is 0.882. The van der Waals surface area contributed by atoms with Crippen molar-refractivity contribution in [1.82, 2.24) is 5.32 Å². The smallest absolute Gasteiger partial charge is 0.258 e. The first-order valence-electron chi connectivity index (χ1n) is 6.69. The number of nitriles is 1. The molecule has 2 unspecified atom stereocenters. The van der Waals surface area contributed by atoms with Crippen LogP contribution in [0.2, 0.25) is 0 Å². The van der Waals surface area contributed by atoms with Crippen molar-refractivity contribution in [2.24, 2.45) is 5.92 Å². The van der Waals surface area contributed by atoms with Crippen LogP contribution >= 0.6 is 0 Å². The highest BCUT2D eigenvalue weighted by atomic mass is 16.5. The van der Waals surface area contributed by atoms with Crippen molar-refractivity contribution in [2.75, 3.05) is 19.8 Å². The molecule has 0 aliphatic carbocycles. The molecule has 0 bridgehead atoms. The summed E-state index contributed by atoms with van der Waals surface area (Å²) >= 11 is 0. The Labute approximate surface area is 118 Å². The maximum absolute atomic E-state index is 11.8. The van der Waals surface area contributed by atoms with Crippen LogP contribution < -0.4 is 10.1 Å². The van der Waals surface area contributed by atoms with Gasteiger partial charge in [0.25, 0.3) is 5.91 Å². The summed E-state index contributed by atoms with van der Waals surface area (Å²) in [6.45, 7) is 3.44. The van der Waals surface area contributed by atoms with E-state index in [1.807, 2.05) is 13.0 Å². The fraction of sp³-hybridized carbons (Fsp3) is 0.467. The van der Waals surface area contributed by atoms with Crippen LogP contribution in [0.1, 0.15) is 18.9 Å². The largest absolute Gasteiger partial charge is 0.484 e. The molecule has 1 aromatic rings. The summed E-state index contributed by atoms with van der Waals surface area (Å²) in [4.78, 5) is 11.8. The van der Waals surface area contributed by atoms with Gasteiger partial charge in [0.1, 0.15) is 5.75 Å². The fourth-order valence-electron chi connectivity index (χ4n) is 2.14. The molecule has 1 aliphatic rings. The molecule has 1 amide bonds. The lowest BCUT2D eigenvalue weighted by molar-refractivity contribution is -0.124. The number of carbonyl (C=O) groups excluding carboxylic acids is 1. The maximum Gasteiger partial charge on any atom is 0.258 e. The van der Waals surface area contributed by atoms with Gasteiger partial charge in [-0.25, -0.2) is 0 Å². The lowest BCUT2D eigenvalue weighted by Gasteiger charge is -2.19. The Kier molecular flexibility index (Phi) is 4.97. The van der Waals surface area contributed by atoms with E-state index >= 15 is 0 Å². The third-order valence-electron chi connectivity index (χ3n) is 3.41. The summed E-state index contributed by atoms with van der Waals surface area (Å²) in [5.41, 5.74) is 0.566. The average molecular weight is 274 g/mol. The van der Waals surface area contributed by atoms with Gasteiger partial charge in [0.05, 0.1) is 18.2 Å². The highest BCUT2D eigenvalue weighted by Crippen LogP contribution is 2.16. The minimum Gasteiger partial charge on any atom is -0.484 e. The van der Waals surface area contributed by atoms with E-state index in [4.69, 9.17) is 14.7 Å². The number of hydrogen-bond acceptors (Lipinski definition) is 4. The molecule has 1 heterocycles. The van der Waals surface area contributed by atoms with Crippen molar-refractivity contribution in [3.8, 4) is 11.8 Å². The van der Waals surface area contributed by atoms with E-state index in [-0.39, 0.29) is 18.6 Å². The maximum atomic E-state index is 11.8. The van der Waals surface area contributed by atoms with E-state index in [2.05, 4.69) is 5.32 Å². The predicted molar refractivity (Wildman–Crippen MR) is 73.2 cm³/mol. The van der Waals surface area contributed by atoms with Gasteiger partial charge in [-0.1, -0.05) is 0 Å². The molecule has 20 heavy (non-hydrogen) atoms. The van der Waals surface area contributed by atoms with Crippen LogP contribution in [0.4, 0.5) is 0 Å². The normalized spacial score (nSPS) is 19.1. The van der Waals surface area contributed by atoms with Crippen molar-refractivity contribution in [2.45, 2.75) is 19.4 Å². The summed E-state index contributed by atoms with van der Waals surface area (Å²) in [6.07, 6.45) is 0.984. The zero-order valence-electron chi connectivity index (χ0n) is 11.5. The molecule has 106 valence electrons. The van der Waals surface area contributed by atoms with Gasteiger partial charge in [0.2, 0.25) is 0 Å².